The van der Waals surface area contributed by atoms with E-state index in [4.69, 9.17) is 0 Å². The Morgan fingerprint density at radius 1 is 0.778 bits per heavy atom. The van der Waals surface area contributed by atoms with Crippen molar-refractivity contribution in [3.63, 3.8) is 0 Å². The lowest BCUT2D eigenvalue weighted by atomic mass is 9.86. The molecule has 0 N–H and O–H groups in total. The van der Waals surface area contributed by atoms with Gasteiger partial charge in [-0.3, -0.25) is 4.79 Å². The minimum Gasteiger partial charge on any atom is -0.307 e. The van der Waals surface area contributed by atoms with Crippen LogP contribution in [0.5, 0.6) is 0 Å². The van der Waals surface area contributed by atoms with Gasteiger partial charge in [-0.1, -0.05) is 97.1 Å². The van der Waals surface area contributed by atoms with Gasteiger partial charge in [-0.2, -0.15) is 0 Å². The second kappa shape index (κ2) is 7.46. The van der Waals surface area contributed by atoms with Crippen LogP contribution in [-0.2, 0) is 4.79 Å². The molecule has 1 aliphatic rings. The third-order valence-electron chi connectivity index (χ3n) is 4.90. The van der Waals surface area contributed by atoms with Crippen molar-refractivity contribution in [2.24, 2.45) is 0 Å². The fourth-order valence-corrected chi connectivity index (χ4v) is 3.77. The first-order chi connectivity index (χ1) is 13.3. The standard InChI is InChI=1S/C25H21NO/c1-2-18-26-24(21-16-10-5-11-17-21)22(19-12-6-3-7-13-19)23(25(26)27)20-14-8-4-9-15-20/h2-17,23H,1,18H2. The van der Waals surface area contributed by atoms with E-state index >= 15 is 0 Å². The molecule has 0 aliphatic carbocycles. The van der Waals surface area contributed by atoms with E-state index in [0.29, 0.717) is 6.54 Å². The van der Waals surface area contributed by atoms with Crippen LogP contribution in [0.4, 0.5) is 0 Å². The second-order valence-corrected chi connectivity index (χ2v) is 6.58. The van der Waals surface area contributed by atoms with E-state index < -0.39 is 0 Å². The lowest BCUT2D eigenvalue weighted by Gasteiger charge is -2.20. The van der Waals surface area contributed by atoms with Crippen LogP contribution in [-0.4, -0.2) is 17.4 Å². The molecule has 1 amide bonds. The van der Waals surface area contributed by atoms with Crippen molar-refractivity contribution >= 4 is 17.2 Å². The molecule has 0 fully saturated rings. The summed E-state index contributed by atoms with van der Waals surface area (Å²) >= 11 is 0. The van der Waals surface area contributed by atoms with E-state index in [1.54, 1.807) is 6.08 Å². The molecule has 1 heterocycles. The van der Waals surface area contributed by atoms with Gasteiger partial charge >= 0.3 is 0 Å². The Labute approximate surface area is 160 Å². The number of carbonyl (C=O) groups is 1. The molecule has 3 aromatic carbocycles. The van der Waals surface area contributed by atoms with Crippen LogP contribution in [0.2, 0.25) is 0 Å². The first-order valence-electron chi connectivity index (χ1n) is 9.13. The summed E-state index contributed by atoms with van der Waals surface area (Å²) in [6, 6.07) is 30.4. The van der Waals surface area contributed by atoms with Crippen LogP contribution >= 0.6 is 0 Å². The highest BCUT2D eigenvalue weighted by atomic mass is 16.2. The summed E-state index contributed by atoms with van der Waals surface area (Å²) in [6.07, 6.45) is 1.79. The van der Waals surface area contributed by atoms with Crippen LogP contribution in [0.1, 0.15) is 22.6 Å². The summed E-state index contributed by atoms with van der Waals surface area (Å²) in [4.78, 5) is 15.4. The number of hydrogen-bond acceptors (Lipinski definition) is 1. The van der Waals surface area contributed by atoms with Crippen molar-refractivity contribution in [2.75, 3.05) is 6.54 Å². The normalized spacial score (nSPS) is 16.7. The molecule has 132 valence electrons. The molecule has 1 atom stereocenters. The van der Waals surface area contributed by atoms with Crippen molar-refractivity contribution in [2.45, 2.75) is 5.92 Å². The molecule has 2 nitrogen and oxygen atoms in total. The van der Waals surface area contributed by atoms with Gasteiger partial charge in [0.15, 0.2) is 0 Å². The average molecular weight is 351 g/mol. The monoisotopic (exact) mass is 351 g/mol. The highest BCUT2D eigenvalue weighted by Crippen LogP contribution is 2.46. The number of nitrogens with zero attached hydrogens (tertiary/aromatic N) is 1. The molecule has 0 radical (unpaired) electrons. The molecule has 0 saturated heterocycles. The molecular formula is C25H21NO. The van der Waals surface area contributed by atoms with Gasteiger partial charge in [0, 0.05) is 12.1 Å². The first-order valence-corrected chi connectivity index (χ1v) is 9.13. The van der Waals surface area contributed by atoms with Crippen LogP contribution < -0.4 is 0 Å². The van der Waals surface area contributed by atoms with Crippen LogP contribution in [0.15, 0.2) is 104 Å². The summed E-state index contributed by atoms with van der Waals surface area (Å²) in [7, 11) is 0. The van der Waals surface area contributed by atoms with Crippen LogP contribution in [0.25, 0.3) is 11.3 Å². The number of amides is 1. The zero-order valence-electron chi connectivity index (χ0n) is 15.1. The van der Waals surface area contributed by atoms with Crippen LogP contribution in [0, 0.1) is 0 Å². The minimum absolute atomic E-state index is 0.0961. The average Bonchev–Trinajstić information content (AvgIpc) is 3.03. The molecular weight excluding hydrogens is 330 g/mol. The van der Waals surface area contributed by atoms with Gasteiger partial charge in [-0.25, -0.2) is 0 Å². The van der Waals surface area contributed by atoms with Crippen LogP contribution in [0.3, 0.4) is 0 Å². The first kappa shape index (κ1) is 17.0. The summed E-state index contributed by atoms with van der Waals surface area (Å²) in [6.45, 7) is 4.35. The number of rotatable bonds is 5. The third kappa shape index (κ3) is 3.11. The molecule has 1 unspecified atom stereocenters. The van der Waals surface area contributed by atoms with Gasteiger partial charge in [0.1, 0.15) is 0 Å². The maximum Gasteiger partial charge on any atom is 0.239 e. The van der Waals surface area contributed by atoms with E-state index in [-0.39, 0.29) is 11.8 Å². The van der Waals surface area contributed by atoms with Crippen molar-refractivity contribution in [1.29, 1.82) is 0 Å². The molecule has 0 saturated carbocycles. The Bertz CT molecular complexity index is 975. The maximum atomic E-state index is 13.5. The maximum absolute atomic E-state index is 13.5. The van der Waals surface area contributed by atoms with Crippen molar-refractivity contribution in [3.05, 3.63) is 120 Å². The van der Waals surface area contributed by atoms with E-state index in [1.807, 2.05) is 71.6 Å². The van der Waals surface area contributed by atoms with E-state index in [1.165, 1.54) is 0 Å². The van der Waals surface area contributed by atoms with Crippen molar-refractivity contribution in [1.82, 2.24) is 4.90 Å². The van der Waals surface area contributed by atoms with Gasteiger partial charge < -0.3 is 4.90 Å². The molecule has 0 bridgehead atoms. The molecule has 3 aromatic rings. The number of hydrogen-bond donors (Lipinski definition) is 0. The molecule has 4 rings (SSSR count). The van der Waals surface area contributed by atoms with Gasteiger partial charge in [0.2, 0.25) is 5.91 Å². The SMILES string of the molecule is C=CCN1C(=O)C(c2ccccc2)C(c2ccccc2)=C1c1ccccc1. The largest absolute Gasteiger partial charge is 0.307 e. The fourth-order valence-electron chi connectivity index (χ4n) is 3.77. The van der Waals surface area contributed by atoms with E-state index in [0.717, 1.165) is 28.0 Å². The summed E-state index contributed by atoms with van der Waals surface area (Å²) in [5, 5.41) is 0. The summed E-state index contributed by atoms with van der Waals surface area (Å²) in [5.74, 6) is -0.220. The molecule has 27 heavy (non-hydrogen) atoms. The molecule has 0 aromatic heterocycles. The van der Waals surface area contributed by atoms with Gasteiger partial charge in [0.25, 0.3) is 0 Å². The molecule has 0 spiro atoms. The lowest BCUT2D eigenvalue weighted by Crippen LogP contribution is -2.27. The minimum atomic E-state index is -0.316. The Morgan fingerprint density at radius 2 is 1.30 bits per heavy atom. The fraction of sp³-hybridized carbons (Fsp3) is 0.0800. The summed E-state index contributed by atoms with van der Waals surface area (Å²) < 4.78 is 0. The Hall–Kier alpha value is -3.39. The van der Waals surface area contributed by atoms with Gasteiger partial charge in [0.05, 0.1) is 11.6 Å². The van der Waals surface area contributed by atoms with E-state index in [9.17, 15) is 4.79 Å². The van der Waals surface area contributed by atoms with Gasteiger partial charge in [-0.15, -0.1) is 6.58 Å². The Morgan fingerprint density at radius 3 is 1.85 bits per heavy atom. The van der Waals surface area contributed by atoms with Gasteiger partial charge in [-0.05, 0) is 16.7 Å². The lowest BCUT2D eigenvalue weighted by molar-refractivity contribution is -0.126. The smallest absolute Gasteiger partial charge is 0.239 e. The zero-order chi connectivity index (χ0) is 18.6. The number of carbonyl (C=O) groups excluding carboxylic acids is 1. The highest BCUT2D eigenvalue weighted by molar-refractivity contribution is 6.14. The second-order valence-electron chi connectivity index (χ2n) is 6.58. The Kier molecular flexibility index (Phi) is 4.71. The molecule has 1 aliphatic heterocycles. The molecule has 2 heteroatoms. The predicted molar refractivity (Wildman–Crippen MR) is 111 cm³/mol. The van der Waals surface area contributed by atoms with Crippen molar-refractivity contribution in [3.8, 4) is 0 Å². The zero-order valence-corrected chi connectivity index (χ0v) is 15.1. The van der Waals surface area contributed by atoms with Crippen molar-refractivity contribution < 1.29 is 4.79 Å². The third-order valence-corrected chi connectivity index (χ3v) is 4.90. The topological polar surface area (TPSA) is 20.3 Å². The predicted octanol–water partition coefficient (Wildman–Crippen LogP) is 5.37. The summed E-state index contributed by atoms with van der Waals surface area (Å²) in [5.41, 5.74) is 5.16. The highest BCUT2D eigenvalue weighted by Gasteiger charge is 2.40. The van der Waals surface area contributed by atoms with E-state index in [2.05, 4.69) is 30.8 Å². The Balaban J connectivity index is 2.00. The number of benzene rings is 3. The quantitative estimate of drug-likeness (QED) is 0.566.